The van der Waals surface area contributed by atoms with Crippen LogP contribution in [0, 0.1) is 6.92 Å². The van der Waals surface area contributed by atoms with Gasteiger partial charge in [-0.25, -0.2) is 8.42 Å². The van der Waals surface area contributed by atoms with E-state index in [2.05, 4.69) is 14.8 Å². The Hall–Kier alpha value is -2.64. The number of methoxy groups -OCH3 is 1. The molecule has 0 aliphatic heterocycles. The van der Waals surface area contributed by atoms with Gasteiger partial charge in [-0.1, -0.05) is 17.7 Å². The van der Waals surface area contributed by atoms with E-state index in [9.17, 15) is 62.1 Å². The highest BCUT2D eigenvalue weighted by Gasteiger charge is 2.81. The third-order valence-corrected chi connectivity index (χ3v) is 6.09. The maximum atomic E-state index is 13.5. The number of hydrogen-bond acceptors (Lipinski definition) is 8. The summed E-state index contributed by atoms with van der Waals surface area (Å²) in [5, 5.41) is 2.57. The predicted molar refractivity (Wildman–Crippen MR) is 127 cm³/mol. The molecule has 0 saturated carbocycles. The van der Waals surface area contributed by atoms with Crippen LogP contribution in [-0.4, -0.2) is 107 Å². The van der Waals surface area contributed by atoms with Gasteiger partial charge in [0.2, 0.25) is 0 Å². The first-order chi connectivity index (χ1) is 18.7. The summed E-state index contributed by atoms with van der Waals surface area (Å²) in [6.45, 7) is 0.749. The van der Waals surface area contributed by atoms with Crippen molar-refractivity contribution in [2.24, 2.45) is 0 Å². The second-order valence-electron chi connectivity index (χ2n) is 9.84. The third-order valence-electron chi connectivity index (χ3n) is 5.24. The van der Waals surface area contributed by atoms with Gasteiger partial charge in [-0.2, -0.15) is 39.5 Å². The molecule has 244 valence electrons. The van der Waals surface area contributed by atoms with E-state index in [1.165, 1.54) is 12.1 Å². The van der Waals surface area contributed by atoms with Crippen LogP contribution in [-0.2, 0) is 29.2 Å². The van der Waals surface area contributed by atoms with Crippen molar-refractivity contribution in [1.82, 2.24) is 5.32 Å². The molecule has 0 amide bonds. The van der Waals surface area contributed by atoms with Gasteiger partial charge in [-0.3, -0.25) is 14.9 Å². The summed E-state index contributed by atoms with van der Waals surface area (Å²) in [6.07, 6.45) is -9.88. The van der Waals surface area contributed by atoms with E-state index in [0.29, 0.717) is 11.0 Å². The van der Waals surface area contributed by atoms with Gasteiger partial charge in [-0.15, -0.1) is 0 Å². The maximum Gasteiger partial charge on any atom is 0.460 e. The number of likely N-dealkylation sites (N-methyl/N-ethyl adjacent to an activating group) is 1. The lowest BCUT2D eigenvalue weighted by Gasteiger charge is -2.33. The number of carbonyl (C=O) groups is 2. The Morgan fingerprint density at radius 3 is 1.86 bits per heavy atom. The molecule has 1 unspecified atom stereocenters. The molecule has 0 aliphatic rings. The van der Waals surface area contributed by atoms with E-state index < -0.39 is 71.5 Å². The molecule has 0 spiro atoms. The number of quaternary nitrogens is 1. The summed E-state index contributed by atoms with van der Waals surface area (Å²) in [6, 6.07) is 4.33. The maximum absolute atomic E-state index is 13.5. The molecule has 1 rings (SSSR count). The van der Waals surface area contributed by atoms with Crippen molar-refractivity contribution >= 4 is 22.1 Å². The Labute approximate surface area is 236 Å². The van der Waals surface area contributed by atoms with Crippen molar-refractivity contribution in [3.05, 3.63) is 29.8 Å². The normalized spacial score (nSPS) is 14.0. The summed E-state index contributed by atoms with van der Waals surface area (Å²) in [5.74, 6) is -22.0. The van der Waals surface area contributed by atoms with Crippen LogP contribution in [0.5, 0.6) is 0 Å². The lowest BCUT2D eigenvalue weighted by molar-refractivity contribution is -0.869. The number of carbonyl (C=O) groups excluding carboxylic acids is 2. The van der Waals surface area contributed by atoms with Gasteiger partial charge in [0.05, 0.1) is 59.1 Å². The molecule has 42 heavy (non-hydrogen) atoms. The molecule has 0 heterocycles. The van der Waals surface area contributed by atoms with Crippen LogP contribution in [0.1, 0.15) is 18.4 Å². The zero-order valence-electron chi connectivity index (χ0n) is 23.0. The Morgan fingerprint density at radius 2 is 1.45 bits per heavy atom. The molecule has 0 bridgehead atoms. The van der Waals surface area contributed by atoms with E-state index in [1.54, 1.807) is 33.3 Å². The average molecular weight is 651 g/mol. The highest BCUT2D eigenvalue weighted by Crippen LogP contribution is 2.53. The van der Waals surface area contributed by atoms with E-state index in [-0.39, 0.29) is 11.4 Å². The summed E-state index contributed by atoms with van der Waals surface area (Å²) >= 11 is 0. The standard InChI is InChI=1S/C16H24F9N2O4.C7H8O3S/c1-27(2,3)7-6-26-10(9-11(28)30-4)12(29)31-8-5-13(17,18)14(19,20)15(21,22)16(23,24)25;1-6-2-4-7(5-3-6)11(8,9)10/h10,26H,5-9H2,1-4H3;2-5H,1H3,(H,8,9,10)/q+1;/p-1. The van der Waals surface area contributed by atoms with Gasteiger partial charge in [0.1, 0.15) is 16.2 Å². The Balaban J connectivity index is 0.00000126. The number of aryl methyl sites for hydroxylation is 1. The molecule has 9 nitrogen and oxygen atoms in total. The highest BCUT2D eigenvalue weighted by molar-refractivity contribution is 7.85. The number of halogens is 9. The quantitative estimate of drug-likeness (QED) is 0.149. The third kappa shape index (κ3) is 11.9. The summed E-state index contributed by atoms with van der Waals surface area (Å²) in [7, 11) is 2.07. The number of nitrogens with one attached hydrogen (secondary N) is 1. The Kier molecular flexibility index (Phi) is 13.8. The molecule has 0 aliphatic carbocycles. The van der Waals surface area contributed by atoms with Crippen molar-refractivity contribution in [2.75, 3.05) is 47.9 Å². The number of benzene rings is 1. The van der Waals surface area contributed by atoms with E-state index in [0.717, 1.165) is 12.7 Å². The number of esters is 2. The number of alkyl halides is 9. The van der Waals surface area contributed by atoms with E-state index in [4.69, 9.17) is 0 Å². The lowest BCUT2D eigenvalue weighted by atomic mass is 10.0. The number of nitrogens with zero attached hydrogens (tertiary/aromatic N) is 1. The molecule has 0 aromatic heterocycles. The fraction of sp³-hybridized carbons (Fsp3) is 0.652. The van der Waals surface area contributed by atoms with Crippen molar-refractivity contribution in [3.8, 4) is 0 Å². The minimum Gasteiger partial charge on any atom is -0.744 e. The predicted octanol–water partition coefficient (Wildman–Crippen LogP) is 3.51. The number of rotatable bonds is 13. The fourth-order valence-electron chi connectivity index (χ4n) is 2.71. The van der Waals surface area contributed by atoms with Gasteiger partial charge in [0, 0.05) is 6.54 Å². The molecule has 19 heteroatoms. The van der Waals surface area contributed by atoms with Gasteiger partial charge in [-0.05, 0) is 19.1 Å². The number of hydrogen-bond donors (Lipinski definition) is 1. The largest absolute Gasteiger partial charge is 0.744 e. The minimum absolute atomic E-state index is 0.117. The van der Waals surface area contributed by atoms with E-state index in [1.807, 2.05) is 6.92 Å². The zero-order chi connectivity index (χ0) is 33.4. The topological polar surface area (TPSA) is 122 Å². The van der Waals surface area contributed by atoms with Crippen molar-refractivity contribution in [1.29, 1.82) is 0 Å². The van der Waals surface area contributed by atoms with Crippen LogP contribution >= 0.6 is 0 Å². The molecule has 0 saturated heterocycles. The first kappa shape index (κ1) is 39.4. The molecule has 1 aromatic carbocycles. The molecule has 1 atom stereocenters. The number of ether oxygens (including phenoxy) is 2. The highest BCUT2D eigenvalue weighted by atomic mass is 32.2. The SMILES string of the molecule is COC(=O)CC(NCC[N+](C)(C)C)C(=O)OCCC(F)(F)C(F)(F)C(F)(F)C(F)(F)F.Cc1ccc(S(=O)(=O)[O-])cc1. The summed E-state index contributed by atoms with van der Waals surface area (Å²) < 4.78 is 155. The van der Waals surface area contributed by atoms with Crippen molar-refractivity contribution in [2.45, 2.75) is 54.6 Å². The molecule has 1 aromatic rings. The second-order valence-corrected chi connectivity index (χ2v) is 11.2. The minimum atomic E-state index is -7.02. The molecule has 0 radical (unpaired) electrons. The Morgan fingerprint density at radius 1 is 0.952 bits per heavy atom. The van der Waals surface area contributed by atoms with Gasteiger partial charge in [0.25, 0.3) is 0 Å². The zero-order valence-corrected chi connectivity index (χ0v) is 23.9. The monoisotopic (exact) mass is 650 g/mol. The second kappa shape index (κ2) is 14.7. The van der Waals surface area contributed by atoms with E-state index >= 15 is 0 Å². The Bertz CT molecular complexity index is 1140. The van der Waals surface area contributed by atoms with Gasteiger partial charge < -0.3 is 18.5 Å². The van der Waals surface area contributed by atoms with Gasteiger partial charge in [0.15, 0.2) is 0 Å². The van der Waals surface area contributed by atoms with Crippen LogP contribution in [0.4, 0.5) is 39.5 Å². The van der Waals surface area contributed by atoms with Crippen molar-refractivity contribution < 1.29 is 76.0 Å². The summed E-state index contributed by atoms with van der Waals surface area (Å²) in [4.78, 5) is 23.2. The smallest absolute Gasteiger partial charge is 0.460 e. The molecular formula is C23H31F9N2O7S. The molecule has 0 fully saturated rings. The van der Waals surface area contributed by atoms with Crippen LogP contribution in [0.3, 0.4) is 0 Å². The lowest BCUT2D eigenvalue weighted by Crippen LogP contribution is -2.61. The van der Waals surface area contributed by atoms with Crippen LogP contribution in [0.15, 0.2) is 29.2 Å². The molecular weight excluding hydrogens is 619 g/mol. The van der Waals surface area contributed by atoms with Gasteiger partial charge >= 0.3 is 35.9 Å². The molecule has 1 N–H and O–H groups in total. The fourth-order valence-corrected chi connectivity index (χ4v) is 3.18. The van der Waals surface area contributed by atoms with Crippen LogP contribution < -0.4 is 5.32 Å². The van der Waals surface area contributed by atoms with Crippen LogP contribution in [0.25, 0.3) is 0 Å². The summed E-state index contributed by atoms with van der Waals surface area (Å²) in [5.41, 5.74) is 0.928. The first-order valence-electron chi connectivity index (χ1n) is 11.7. The van der Waals surface area contributed by atoms with Crippen molar-refractivity contribution in [3.63, 3.8) is 0 Å². The average Bonchev–Trinajstić information content (AvgIpc) is 2.81. The van der Waals surface area contributed by atoms with Crippen LogP contribution in [0.2, 0.25) is 0 Å². The first-order valence-corrected chi connectivity index (χ1v) is 13.1.